The molecule has 0 bridgehead atoms. The molecule has 0 unspecified atom stereocenters. The summed E-state index contributed by atoms with van der Waals surface area (Å²) in [6.45, 7) is -3.04. The van der Waals surface area contributed by atoms with Gasteiger partial charge in [-0.05, 0) is 18.2 Å². The van der Waals surface area contributed by atoms with Crippen LogP contribution >= 0.6 is 0 Å². The number of amides is 1. The number of hydrogen-bond donors (Lipinski definition) is 3. The fourth-order valence-electron chi connectivity index (χ4n) is 3.48. The van der Waals surface area contributed by atoms with Crippen molar-refractivity contribution in [3.05, 3.63) is 42.5 Å². The van der Waals surface area contributed by atoms with Crippen molar-refractivity contribution in [2.75, 3.05) is 18.5 Å². The van der Waals surface area contributed by atoms with Gasteiger partial charge in [0, 0.05) is 11.3 Å². The molecule has 0 saturated carbocycles. The molecule has 3 heterocycles. The van der Waals surface area contributed by atoms with E-state index < -0.39 is 60.4 Å². The Balaban J connectivity index is 1.44. The number of aliphatic hydroxyl groups excluding tert-OH is 1. The molecule has 18 heteroatoms. The number of halogens is 4. The average molecular weight is 574 g/mol. The molecular weight excluding hydrogens is 556 g/mol. The number of carbonyl (C=O) groups is 1. The highest BCUT2D eigenvalue weighted by atomic mass is 32.2. The van der Waals surface area contributed by atoms with Crippen LogP contribution < -0.4 is 10.0 Å². The maximum atomic E-state index is 15.0. The molecule has 1 aliphatic rings. The highest BCUT2D eigenvalue weighted by Crippen LogP contribution is 2.35. The first-order valence-electron chi connectivity index (χ1n) is 10.8. The number of anilines is 2. The second kappa shape index (κ2) is 11.0. The molecule has 3 N–H and O–H groups in total. The zero-order valence-electron chi connectivity index (χ0n) is 19.4. The molecule has 1 aliphatic heterocycles. The predicted molar refractivity (Wildman–Crippen MR) is 123 cm³/mol. The highest BCUT2D eigenvalue weighted by Gasteiger charge is 2.46. The van der Waals surface area contributed by atoms with Gasteiger partial charge in [-0.1, -0.05) is 12.0 Å². The van der Waals surface area contributed by atoms with Crippen LogP contribution in [-0.2, 0) is 24.0 Å². The summed E-state index contributed by atoms with van der Waals surface area (Å²) >= 11 is 0. The first kappa shape index (κ1) is 28.0. The number of nitrogens with zero attached hydrogens (tertiary/aromatic N) is 4. The molecule has 0 radical (unpaired) electrons. The third-order valence-corrected chi connectivity index (χ3v) is 6.04. The van der Waals surface area contributed by atoms with Gasteiger partial charge in [0.1, 0.15) is 18.5 Å². The Morgan fingerprint density at radius 1 is 1.28 bits per heavy atom. The van der Waals surface area contributed by atoms with E-state index >= 15 is 0 Å². The predicted octanol–water partition coefficient (Wildman–Crippen LogP) is 1.70. The maximum Gasteiger partial charge on any atom is 0.423 e. The van der Waals surface area contributed by atoms with Crippen LogP contribution in [-0.4, -0.2) is 76.9 Å². The van der Waals surface area contributed by atoms with Gasteiger partial charge in [-0.15, -0.1) is 6.42 Å². The third kappa shape index (κ3) is 6.69. The Kier molecular flexibility index (Phi) is 7.87. The normalized spacial score (nSPS) is 21.4. The van der Waals surface area contributed by atoms with Gasteiger partial charge in [0.05, 0.1) is 12.9 Å². The minimum atomic E-state index is -4.99. The van der Waals surface area contributed by atoms with Gasteiger partial charge in [-0.3, -0.25) is 8.75 Å². The second-order valence-corrected chi connectivity index (χ2v) is 9.28. The van der Waals surface area contributed by atoms with E-state index in [0.29, 0.717) is 11.3 Å². The SMILES string of the molecule is C#Cc1cccc(Nc2ncnc3c2ncn3[C@@H]2O[C@H](COS(=O)(=O)NC(=O)OCC(F)(F)F)[C@@H](O)[C@@H]2F)c1. The molecule has 1 aromatic carbocycles. The van der Waals surface area contributed by atoms with Crippen molar-refractivity contribution in [1.29, 1.82) is 0 Å². The molecule has 1 fully saturated rings. The molecule has 0 spiro atoms. The number of terminal acetylenes is 1. The summed E-state index contributed by atoms with van der Waals surface area (Å²) in [5.74, 6) is 2.74. The summed E-state index contributed by atoms with van der Waals surface area (Å²) < 4.78 is 90.7. The summed E-state index contributed by atoms with van der Waals surface area (Å²) in [4.78, 5) is 23.6. The highest BCUT2D eigenvalue weighted by molar-refractivity contribution is 7.85. The maximum absolute atomic E-state index is 15.0. The number of carbonyl (C=O) groups excluding carboxylic acids is 1. The lowest BCUT2D eigenvalue weighted by atomic mass is 10.1. The van der Waals surface area contributed by atoms with Gasteiger partial charge in [-0.2, -0.15) is 26.3 Å². The van der Waals surface area contributed by atoms with Crippen LogP contribution in [0.5, 0.6) is 0 Å². The number of aromatic nitrogens is 4. The Morgan fingerprint density at radius 3 is 2.77 bits per heavy atom. The van der Waals surface area contributed by atoms with Crippen molar-refractivity contribution in [1.82, 2.24) is 24.2 Å². The molecule has 13 nitrogen and oxygen atoms in total. The van der Waals surface area contributed by atoms with E-state index in [0.717, 1.165) is 9.29 Å². The fourth-order valence-corrected chi connectivity index (χ4v) is 4.12. The van der Waals surface area contributed by atoms with Gasteiger partial charge in [0.15, 0.2) is 36.0 Å². The molecular formula is C21H18F4N6O7S. The van der Waals surface area contributed by atoms with Crippen molar-refractivity contribution in [3.8, 4) is 12.3 Å². The largest absolute Gasteiger partial charge is 0.439 e. The van der Waals surface area contributed by atoms with Gasteiger partial charge < -0.3 is 19.9 Å². The number of aliphatic hydroxyl groups is 1. The zero-order chi connectivity index (χ0) is 28.4. The van der Waals surface area contributed by atoms with Crippen LogP contribution in [0.3, 0.4) is 0 Å². The lowest BCUT2D eigenvalue weighted by Crippen LogP contribution is -2.38. The Hall–Kier alpha value is -4.05. The topological polar surface area (TPSA) is 167 Å². The summed E-state index contributed by atoms with van der Waals surface area (Å²) in [6.07, 6.45) is -6.20. The quantitative estimate of drug-likeness (QED) is 0.265. The summed E-state index contributed by atoms with van der Waals surface area (Å²) in [6, 6.07) is 6.85. The number of imidazole rings is 1. The molecule has 0 aliphatic carbocycles. The number of ether oxygens (including phenoxy) is 2. The van der Waals surface area contributed by atoms with Crippen molar-refractivity contribution in [2.24, 2.45) is 0 Å². The summed E-state index contributed by atoms with van der Waals surface area (Å²) in [5, 5.41) is 13.3. The lowest BCUT2D eigenvalue weighted by Gasteiger charge is -2.16. The van der Waals surface area contributed by atoms with E-state index in [1.54, 1.807) is 24.3 Å². The van der Waals surface area contributed by atoms with E-state index in [9.17, 15) is 35.9 Å². The van der Waals surface area contributed by atoms with E-state index in [-0.39, 0.29) is 17.0 Å². The molecule has 4 atom stereocenters. The molecule has 2 aromatic heterocycles. The molecule has 208 valence electrons. The van der Waals surface area contributed by atoms with E-state index in [4.69, 9.17) is 11.2 Å². The van der Waals surface area contributed by atoms with Gasteiger partial charge in [0.25, 0.3) is 0 Å². The summed E-state index contributed by atoms with van der Waals surface area (Å²) in [5.41, 5.74) is 1.50. The van der Waals surface area contributed by atoms with E-state index in [2.05, 4.69) is 35.1 Å². The lowest BCUT2D eigenvalue weighted by molar-refractivity contribution is -0.160. The first-order valence-corrected chi connectivity index (χ1v) is 12.2. The van der Waals surface area contributed by atoms with Crippen LogP contribution in [0.25, 0.3) is 11.2 Å². The van der Waals surface area contributed by atoms with Crippen molar-refractivity contribution >= 4 is 39.1 Å². The zero-order valence-corrected chi connectivity index (χ0v) is 20.2. The van der Waals surface area contributed by atoms with Crippen LogP contribution in [0.15, 0.2) is 36.9 Å². The third-order valence-electron chi connectivity index (χ3n) is 5.18. The number of alkyl halides is 4. The minimum absolute atomic E-state index is 0.101. The number of hydrogen-bond acceptors (Lipinski definition) is 11. The smallest absolute Gasteiger partial charge is 0.423 e. The minimum Gasteiger partial charge on any atom is -0.439 e. The standard InChI is InChI=1S/C21H18F4N6O7S/c1-2-11-4-3-5-12(6-11)29-17-15-18(27-9-26-17)31(10-28-15)19-14(22)16(32)13(38-19)7-37-39(34,35)30-20(33)36-8-21(23,24)25/h1,3-6,9-10,13-14,16,19,32H,7-8H2,(H,30,33)(H,26,27,29)/t13-,14+,16-,19-/m1/s1. The molecule has 39 heavy (non-hydrogen) atoms. The Morgan fingerprint density at radius 2 is 2.05 bits per heavy atom. The van der Waals surface area contributed by atoms with Crippen molar-refractivity contribution in [3.63, 3.8) is 0 Å². The Labute approximate surface area is 217 Å². The molecule has 1 saturated heterocycles. The van der Waals surface area contributed by atoms with Crippen LogP contribution in [0.4, 0.5) is 33.9 Å². The molecule has 4 rings (SSSR count). The molecule has 1 amide bonds. The monoisotopic (exact) mass is 574 g/mol. The molecule has 3 aromatic rings. The van der Waals surface area contributed by atoms with Crippen molar-refractivity contribution < 1.29 is 49.5 Å². The first-order chi connectivity index (χ1) is 18.4. The Bertz CT molecular complexity index is 1510. The number of nitrogens with one attached hydrogen (secondary N) is 2. The van der Waals surface area contributed by atoms with E-state index in [1.165, 1.54) is 12.7 Å². The number of rotatable bonds is 8. The van der Waals surface area contributed by atoms with Gasteiger partial charge in [-0.25, -0.2) is 24.1 Å². The van der Waals surface area contributed by atoms with Crippen LogP contribution in [0.1, 0.15) is 11.8 Å². The summed E-state index contributed by atoms with van der Waals surface area (Å²) in [7, 11) is -4.99. The van der Waals surface area contributed by atoms with Gasteiger partial charge in [0.2, 0.25) is 0 Å². The van der Waals surface area contributed by atoms with Gasteiger partial charge >= 0.3 is 22.6 Å². The van der Waals surface area contributed by atoms with E-state index in [1.807, 2.05) is 0 Å². The number of benzene rings is 1. The fraction of sp³-hybridized carbons (Fsp3) is 0.333. The van der Waals surface area contributed by atoms with Crippen LogP contribution in [0.2, 0.25) is 0 Å². The van der Waals surface area contributed by atoms with Crippen molar-refractivity contribution in [2.45, 2.75) is 30.8 Å². The van der Waals surface area contributed by atoms with Crippen LogP contribution in [0, 0.1) is 12.3 Å². The number of fused-ring (bicyclic) bond motifs is 1. The average Bonchev–Trinajstić information content (AvgIpc) is 3.42. The second-order valence-electron chi connectivity index (χ2n) is 7.93.